The molecule has 2 unspecified atom stereocenters. The van der Waals surface area contributed by atoms with Gasteiger partial charge >= 0.3 is 0 Å². The first-order valence-electron chi connectivity index (χ1n) is 9.70. The molecule has 1 fully saturated rings. The van der Waals surface area contributed by atoms with Crippen LogP contribution in [0.25, 0.3) is 10.4 Å². The summed E-state index contributed by atoms with van der Waals surface area (Å²) >= 11 is 1.73. The standard InChI is InChI=1S/C23H21N3OS/c24-11-16-3-1-4-17(9-16)12-25-13-18-10-19(15-25)23-20(21-5-2-8-28-21)6-7-22(27)26(23)14-18/h1-9,18-19H,10,12-15H2. The minimum absolute atomic E-state index is 0.125. The Kier molecular flexibility index (Phi) is 4.38. The Balaban J connectivity index is 1.48. The van der Waals surface area contributed by atoms with E-state index < -0.39 is 0 Å². The second-order valence-corrected chi connectivity index (χ2v) is 8.81. The lowest BCUT2D eigenvalue weighted by atomic mass is 9.81. The maximum atomic E-state index is 12.6. The fraction of sp³-hybridized carbons (Fsp3) is 0.304. The van der Waals surface area contributed by atoms with Gasteiger partial charge in [0.1, 0.15) is 0 Å². The average molecular weight is 388 g/mol. The number of piperidine rings is 1. The van der Waals surface area contributed by atoms with Crippen LogP contribution in [-0.2, 0) is 13.1 Å². The fourth-order valence-corrected chi connectivity index (χ4v) is 5.64. The molecule has 2 atom stereocenters. The number of benzene rings is 1. The highest BCUT2D eigenvalue weighted by Crippen LogP contribution is 2.41. The number of aromatic nitrogens is 1. The molecule has 5 heteroatoms. The van der Waals surface area contributed by atoms with Crippen LogP contribution in [0.5, 0.6) is 0 Å². The van der Waals surface area contributed by atoms with Crippen LogP contribution in [0.15, 0.2) is 58.7 Å². The average Bonchev–Trinajstić information content (AvgIpc) is 3.23. The van der Waals surface area contributed by atoms with Gasteiger partial charge in [0.05, 0.1) is 11.6 Å². The van der Waals surface area contributed by atoms with Gasteiger partial charge in [-0.2, -0.15) is 5.26 Å². The van der Waals surface area contributed by atoms with E-state index >= 15 is 0 Å². The van der Waals surface area contributed by atoms with Gasteiger partial charge in [0.2, 0.25) is 0 Å². The Morgan fingerprint density at radius 2 is 2.04 bits per heavy atom. The number of pyridine rings is 1. The third kappa shape index (κ3) is 3.09. The summed E-state index contributed by atoms with van der Waals surface area (Å²) in [4.78, 5) is 16.3. The summed E-state index contributed by atoms with van der Waals surface area (Å²) in [6.07, 6.45) is 1.15. The van der Waals surface area contributed by atoms with Crippen LogP contribution in [0.3, 0.4) is 0 Å². The van der Waals surface area contributed by atoms with Crippen molar-refractivity contribution < 1.29 is 0 Å². The van der Waals surface area contributed by atoms with E-state index in [0.717, 1.165) is 32.6 Å². The van der Waals surface area contributed by atoms with E-state index in [4.69, 9.17) is 5.26 Å². The van der Waals surface area contributed by atoms with Gasteiger partial charge in [-0.05, 0) is 47.5 Å². The Labute approximate surface area is 168 Å². The molecule has 3 aromatic rings. The van der Waals surface area contributed by atoms with Crippen LogP contribution in [0.1, 0.15) is 29.2 Å². The van der Waals surface area contributed by atoms with Crippen molar-refractivity contribution >= 4 is 11.3 Å². The predicted octanol–water partition coefficient (Wildman–Crippen LogP) is 4.07. The molecule has 1 aromatic carbocycles. The molecule has 2 aliphatic heterocycles. The van der Waals surface area contributed by atoms with Crippen molar-refractivity contribution in [3.05, 3.63) is 81.1 Å². The molecule has 0 spiro atoms. The third-order valence-electron chi connectivity index (χ3n) is 5.91. The van der Waals surface area contributed by atoms with Crippen molar-refractivity contribution in [3.8, 4) is 16.5 Å². The number of hydrogen-bond donors (Lipinski definition) is 0. The number of hydrogen-bond acceptors (Lipinski definition) is 4. The summed E-state index contributed by atoms with van der Waals surface area (Å²) in [5.41, 5.74) is 4.45. The molecule has 0 amide bonds. The van der Waals surface area contributed by atoms with Crippen molar-refractivity contribution in [2.45, 2.75) is 25.4 Å². The number of rotatable bonds is 3. The van der Waals surface area contributed by atoms with E-state index in [1.54, 1.807) is 17.4 Å². The quantitative estimate of drug-likeness (QED) is 0.681. The summed E-state index contributed by atoms with van der Waals surface area (Å²) in [5, 5.41) is 11.3. The van der Waals surface area contributed by atoms with E-state index in [-0.39, 0.29) is 5.56 Å². The second-order valence-electron chi connectivity index (χ2n) is 7.86. The first kappa shape index (κ1) is 17.4. The third-order valence-corrected chi connectivity index (χ3v) is 6.82. The van der Waals surface area contributed by atoms with E-state index in [1.165, 1.54) is 21.7 Å². The molecule has 0 saturated carbocycles. The lowest BCUT2D eigenvalue weighted by Gasteiger charge is -2.43. The number of thiophene rings is 1. The fourth-order valence-electron chi connectivity index (χ4n) is 4.88. The van der Waals surface area contributed by atoms with Gasteiger partial charge in [-0.25, -0.2) is 0 Å². The van der Waals surface area contributed by atoms with Crippen LogP contribution < -0.4 is 5.56 Å². The topological polar surface area (TPSA) is 49.0 Å². The van der Waals surface area contributed by atoms with E-state index in [0.29, 0.717) is 17.4 Å². The molecule has 5 rings (SSSR count). The molecule has 2 bridgehead atoms. The first-order valence-corrected chi connectivity index (χ1v) is 10.6. The molecular formula is C23H21N3OS. The predicted molar refractivity (Wildman–Crippen MR) is 111 cm³/mol. The smallest absolute Gasteiger partial charge is 0.250 e. The molecule has 0 radical (unpaired) electrons. The van der Waals surface area contributed by atoms with Crippen LogP contribution in [-0.4, -0.2) is 22.6 Å². The van der Waals surface area contributed by atoms with Gasteiger partial charge in [-0.1, -0.05) is 18.2 Å². The monoisotopic (exact) mass is 387 g/mol. The van der Waals surface area contributed by atoms with Crippen LogP contribution in [0, 0.1) is 17.2 Å². The summed E-state index contributed by atoms with van der Waals surface area (Å²) in [7, 11) is 0. The molecule has 2 aliphatic rings. The zero-order valence-electron chi connectivity index (χ0n) is 15.5. The highest BCUT2D eigenvalue weighted by atomic mass is 32.1. The molecule has 0 N–H and O–H groups in total. The van der Waals surface area contributed by atoms with Crippen molar-refractivity contribution in [1.82, 2.24) is 9.47 Å². The lowest BCUT2D eigenvalue weighted by Crippen LogP contribution is -2.47. The lowest BCUT2D eigenvalue weighted by molar-refractivity contribution is 0.115. The highest BCUT2D eigenvalue weighted by molar-refractivity contribution is 7.13. The molecule has 140 valence electrons. The molecule has 0 aliphatic carbocycles. The van der Waals surface area contributed by atoms with Gasteiger partial charge in [0.15, 0.2) is 0 Å². The molecule has 1 saturated heterocycles. The molecule has 4 nitrogen and oxygen atoms in total. The molecular weight excluding hydrogens is 366 g/mol. The van der Waals surface area contributed by atoms with Crippen LogP contribution in [0.4, 0.5) is 0 Å². The van der Waals surface area contributed by atoms with Gasteiger partial charge in [0.25, 0.3) is 5.56 Å². The summed E-state index contributed by atoms with van der Waals surface area (Å²) in [6, 6.07) is 18.1. The number of nitriles is 1. The normalized spacial score (nSPS) is 21.1. The van der Waals surface area contributed by atoms with Gasteiger partial charge in [0, 0.05) is 54.3 Å². The van der Waals surface area contributed by atoms with E-state index in [2.05, 4.69) is 34.5 Å². The Bertz CT molecular complexity index is 1110. The van der Waals surface area contributed by atoms with E-state index in [9.17, 15) is 4.79 Å². The number of fused-ring (bicyclic) bond motifs is 4. The van der Waals surface area contributed by atoms with Crippen LogP contribution >= 0.6 is 11.3 Å². The Hall–Kier alpha value is -2.68. The van der Waals surface area contributed by atoms with Crippen molar-refractivity contribution in [1.29, 1.82) is 5.26 Å². The van der Waals surface area contributed by atoms with Gasteiger partial charge < -0.3 is 4.57 Å². The number of nitrogens with zero attached hydrogens (tertiary/aromatic N) is 3. The largest absolute Gasteiger partial charge is 0.311 e. The SMILES string of the molecule is N#Cc1cccc(CN2CC3CC(C2)c2c(-c4cccs4)ccc(=O)n2C3)c1. The zero-order chi connectivity index (χ0) is 19.1. The van der Waals surface area contributed by atoms with Gasteiger partial charge in [-0.15, -0.1) is 11.3 Å². The second kappa shape index (κ2) is 7.05. The Morgan fingerprint density at radius 3 is 2.86 bits per heavy atom. The molecule has 28 heavy (non-hydrogen) atoms. The summed E-state index contributed by atoms with van der Waals surface area (Å²) in [5.74, 6) is 0.874. The van der Waals surface area contributed by atoms with Gasteiger partial charge in [-0.3, -0.25) is 9.69 Å². The highest BCUT2D eigenvalue weighted by Gasteiger charge is 2.36. The number of likely N-dealkylation sites (tertiary alicyclic amines) is 1. The van der Waals surface area contributed by atoms with Crippen molar-refractivity contribution in [3.63, 3.8) is 0 Å². The molecule has 2 aromatic heterocycles. The van der Waals surface area contributed by atoms with Crippen LogP contribution in [0.2, 0.25) is 0 Å². The maximum Gasteiger partial charge on any atom is 0.250 e. The molecule has 4 heterocycles. The minimum Gasteiger partial charge on any atom is -0.311 e. The first-order chi connectivity index (χ1) is 13.7. The summed E-state index contributed by atoms with van der Waals surface area (Å²) in [6.45, 7) is 3.62. The zero-order valence-corrected chi connectivity index (χ0v) is 16.4. The minimum atomic E-state index is 0.125. The van der Waals surface area contributed by atoms with E-state index in [1.807, 2.05) is 28.8 Å². The maximum absolute atomic E-state index is 12.6. The van der Waals surface area contributed by atoms with Crippen molar-refractivity contribution in [2.75, 3.05) is 13.1 Å². The summed E-state index contributed by atoms with van der Waals surface area (Å²) < 4.78 is 2.03. The Morgan fingerprint density at radius 1 is 1.11 bits per heavy atom. The van der Waals surface area contributed by atoms with Crippen molar-refractivity contribution in [2.24, 2.45) is 5.92 Å².